The van der Waals surface area contributed by atoms with Crippen molar-refractivity contribution >= 4 is 16.1 Å². The fourth-order valence-electron chi connectivity index (χ4n) is 3.43. The summed E-state index contributed by atoms with van der Waals surface area (Å²) in [6.45, 7) is 0.850. The summed E-state index contributed by atoms with van der Waals surface area (Å²) in [5.74, 6) is 1.01. The van der Waals surface area contributed by atoms with Gasteiger partial charge in [-0.05, 0) is 37.1 Å². The van der Waals surface area contributed by atoms with Crippen molar-refractivity contribution in [3.8, 4) is 22.8 Å². The molecular formula is C18H25N5O5S. The van der Waals surface area contributed by atoms with Gasteiger partial charge in [-0.15, -0.1) is 0 Å². The normalized spacial score (nSPS) is 15.4. The Morgan fingerprint density at radius 2 is 1.83 bits per heavy atom. The molecule has 0 atom stereocenters. The van der Waals surface area contributed by atoms with Crippen molar-refractivity contribution < 1.29 is 22.7 Å². The molecule has 1 aliphatic rings. The van der Waals surface area contributed by atoms with Crippen LogP contribution in [0.3, 0.4) is 0 Å². The van der Waals surface area contributed by atoms with Crippen LogP contribution in [-0.4, -0.2) is 62.4 Å². The number of aryl methyl sites for hydroxylation is 1. The summed E-state index contributed by atoms with van der Waals surface area (Å²) < 4.78 is 36.9. The Bertz CT molecular complexity index is 996. The van der Waals surface area contributed by atoms with Gasteiger partial charge in [-0.1, -0.05) is 0 Å². The molecule has 1 aliphatic heterocycles. The second kappa shape index (κ2) is 8.39. The number of carbonyl (C=O) groups is 1. The highest BCUT2D eigenvalue weighted by atomic mass is 32.2. The first-order valence-electron chi connectivity index (χ1n) is 9.07. The molecule has 11 heteroatoms. The van der Waals surface area contributed by atoms with Gasteiger partial charge in [0.15, 0.2) is 17.2 Å². The minimum Gasteiger partial charge on any atom is -0.493 e. The van der Waals surface area contributed by atoms with Crippen molar-refractivity contribution in [2.45, 2.75) is 18.9 Å². The zero-order chi connectivity index (χ0) is 21.2. The minimum absolute atomic E-state index is 0.193. The molecule has 158 valence electrons. The van der Waals surface area contributed by atoms with Crippen LogP contribution in [0.2, 0.25) is 0 Å². The third-order valence-corrected chi connectivity index (χ3v) is 5.55. The van der Waals surface area contributed by atoms with Crippen LogP contribution in [0, 0.1) is 0 Å². The molecule has 0 bridgehead atoms. The maximum atomic E-state index is 12.9. The number of rotatable bonds is 6. The maximum Gasteiger partial charge on any atom is 0.274 e. The van der Waals surface area contributed by atoms with E-state index in [1.807, 2.05) is 12.1 Å². The standard InChI is InChI=1S/C18H25N5O5S/c1-22-15(12-4-5-16(27-2)17(10-12)28-3)11-14(20-22)18(24)23-8-6-13(7-9-23)21-29(19,25)26/h4-5,10-11,13,21H,6-9H2,1-3H3,(H2,19,25,26). The van der Waals surface area contributed by atoms with Crippen molar-refractivity contribution in [1.29, 1.82) is 0 Å². The lowest BCUT2D eigenvalue weighted by atomic mass is 10.1. The number of benzene rings is 1. The van der Waals surface area contributed by atoms with E-state index in [4.69, 9.17) is 14.6 Å². The van der Waals surface area contributed by atoms with Gasteiger partial charge in [0.2, 0.25) is 0 Å². The van der Waals surface area contributed by atoms with Crippen LogP contribution in [0.15, 0.2) is 24.3 Å². The number of hydrogen-bond acceptors (Lipinski definition) is 6. The molecule has 3 N–H and O–H groups in total. The number of ether oxygens (including phenoxy) is 2. The van der Waals surface area contributed by atoms with Crippen molar-refractivity contribution in [1.82, 2.24) is 19.4 Å². The highest BCUT2D eigenvalue weighted by molar-refractivity contribution is 7.87. The molecule has 2 heterocycles. The zero-order valence-corrected chi connectivity index (χ0v) is 17.4. The number of amides is 1. The Morgan fingerprint density at radius 1 is 1.17 bits per heavy atom. The number of hydrogen-bond donors (Lipinski definition) is 2. The van der Waals surface area contributed by atoms with Crippen molar-refractivity contribution in [3.05, 3.63) is 30.0 Å². The van der Waals surface area contributed by atoms with Crippen LogP contribution >= 0.6 is 0 Å². The lowest BCUT2D eigenvalue weighted by molar-refractivity contribution is 0.0704. The second-order valence-corrected chi connectivity index (χ2v) is 8.16. The van der Waals surface area contributed by atoms with Gasteiger partial charge in [0.1, 0.15) is 0 Å². The molecule has 1 aromatic carbocycles. The molecule has 0 saturated carbocycles. The van der Waals surface area contributed by atoms with Crippen LogP contribution in [0.4, 0.5) is 0 Å². The first-order valence-corrected chi connectivity index (χ1v) is 10.6. The number of carbonyl (C=O) groups excluding carboxylic acids is 1. The lowest BCUT2D eigenvalue weighted by Crippen LogP contribution is -2.48. The molecule has 10 nitrogen and oxygen atoms in total. The minimum atomic E-state index is -3.75. The SMILES string of the molecule is COc1ccc(-c2cc(C(=O)N3CCC(NS(N)(=O)=O)CC3)nn2C)cc1OC. The molecule has 1 saturated heterocycles. The summed E-state index contributed by atoms with van der Waals surface area (Å²) in [4.78, 5) is 14.5. The first kappa shape index (κ1) is 21.1. The van der Waals surface area contributed by atoms with Crippen LogP contribution in [0.5, 0.6) is 11.5 Å². The molecule has 0 radical (unpaired) electrons. The number of nitrogens with zero attached hydrogens (tertiary/aromatic N) is 3. The van der Waals surface area contributed by atoms with Crippen LogP contribution < -0.4 is 19.3 Å². The van der Waals surface area contributed by atoms with E-state index in [0.29, 0.717) is 43.1 Å². The zero-order valence-electron chi connectivity index (χ0n) is 16.6. The Labute approximate surface area is 169 Å². The summed E-state index contributed by atoms with van der Waals surface area (Å²) >= 11 is 0. The number of aromatic nitrogens is 2. The average molecular weight is 423 g/mol. The summed E-state index contributed by atoms with van der Waals surface area (Å²) in [5, 5.41) is 9.38. The molecular weight excluding hydrogens is 398 g/mol. The molecule has 3 rings (SSSR count). The topological polar surface area (TPSA) is 129 Å². The quantitative estimate of drug-likeness (QED) is 0.696. The largest absolute Gasteiger partial charge is 0.493 e. The van der Waals surface area contributed by atoms with E-state index >= 15 is 0 Å². The third-order valence-electron chi connectivity index (χ3n) is 4.89. The maximum absolute atomic E-state index is 12.9. The highest BCUT2D eigenvalue weighted by Gasteiger charge is 2.27. The predicted molar refractivity (Wildman–Crippen MR) is 107 cm³/mol. The van der Waals surface area contributed by atoms with Crippen LogP contribution in [-0.2, 0) is 17.3 Å². The van der Waals surface area contributed by atoms with Gasteiger partial charge < -0.3 is 14.4 Å². The first-order chi connectivity index (χ1) is 13.7. The van der Waals surface area contributed by atoms with E-state index in [1.165, 1.54) is 0 Å². The van der Waals surface area contributed by atoms with Gasteiger partial charge in [0.05, 0.1) is 19.9 Å². The number of nitrogens with one attached hydrogen (secondary N) is 1. The molecule has 0 unspecified atom stereocenters. The molecule has 1 aromatic heterocycles. The number of likely N-dealkylation sites (tertiary alicyclic amines) is 1. The average Bonchev–Trinajstić information content (AvgIpc) is 3.08. The smallest absolute Gasteiger partial charge is 0.274 e. The predicted octanol–water partition coefficient (Wildman–Crippen LogP) is 0.502. The van der Waals surface area contributed by atoms with Crippen molar-refractivity contribution in [3.63, 3.8) is 0 Å². The van der Waals surface area contributed by atoms with Gasteiger partial charge in [-0.25, -0.2) is 5.14 Å². The monoisotopic (exact) mass is 423 g/mol. The van der Waals surface area contributed by atoms with E-state index in [0.717, 1.165) is 11.3 Å². The number of nitrogens with two attached hydrogens (primary N) is 1. The van der Waals surface area contributed by atoms with Gasteiger partial charge in [0.25, 0.3) is 16.1 Å². The third kappa shape index (κ3) is 4.86. The summed E-state index contributed by atoms with van der Waals surface area (Å²) in [5.41, 5.74) is 1.93. The van der Waals surface area contributed by atoms with Crippen LogP contribution in [0.1, 0.15) is 23.3 Å². The van der Waals surface area contributed by atoms with E-state index in [9.17, 15) is 13.2 Å². The van der Waals surface area contributed by atoms with Crippen molar-refractivity contribution in [2.24, 2.45) is 12.2 Å². The van der Waals surface area contributed by atoms with E-state index < -0.39 is 10.2 Å². The molecule has 0 spiro atoms. The number of methoxy groups -OCH3 is 2. The van der Waals surface area contributed by atoms with E-state index in [2.05, 4.69) is 9.82 Å². The van der Waals surface area contributed by atoms with Gasteiger partial charge >= 0.3 is 0 Å². The molecule has 2 aromatic rings. The molecule has 0 aliphatic carbocycles. The van der Waals surface area contributed by atoms with Gasteiger partial charge in [0, 0.05) is 31.7 Å². The summed E-state index contributed by atoms with van der Waals surface area (Å²) in [6.07, 6.45) is 0.995. The van der Waals surface area contributed by atoms with E-state index in [1.54, 1.807) is 43.0 Å². The molecule has 1 fully saturated rings. The van der Waals surface area contributed by atoms with Gasteiger partial charge in [-0.2, -0.15) is 18.2 Å². The molecule has 29 heavy (non-hydrogen) atoms. The Hall–Kier alpha value is -2.63. The molecule has 1 amide bonds. The fourth-order valence-corrected chi connectivity index (χ4v) is 4.13. The summed E-state index contributed by atoms with van der Waals surface area (Å²) in [7, 11) is 1.16. The summed E-state index contributed by atoms with van der Waals surface area (Å²) in [6, 6.07) is 6.97. The lowest BCUT2D eigenvalue weighted by Gasteiger charge is -2.31. The second-order valence-electron chi connectivity index (χ2n) is 6.84. The Kier molecular flexibility index (Phi) is 6.10. The Balaban J connectivity index is 1.74. The van der Waals surface area contributed by atoms with Crippen LogP contribution in [0.25, 0.3) is 11.3 Å². The van der Waals surface area contributed by atoms with Crippen molar-refractivity contribution in [2.75, 3.05) is 27.3 Å². The highest BCUT2D eigenvalue weighted by Crippen LogP contribution is 2.32. The van der Waals surface area contributed by atoms with Gasteiger partial charge in [-0.3, -0.25) is 9.48 Å². The van der Waals surface area contributed by atoms with E-state index in [-0.39, 0.29) is 11.9 Å². The fraction of sp³-hybridized carbons (Fsp3) is 0.444. The number of piperidine rings is 1. The Morgan fingerprint density at radius 3 is 2.41 bits per heavy atom.